The summed E-state index contributed by atoms with van der Waals surface area (Å²) in [7, 11) is 0. The van der Waals surface area contributed by atoms with Crippen molar-refractivity contribution in [2.24, 2.45) is 0 Å². The molecule has 1 saturated heterocycles. The van der Waals surface area contributed by atoms with E-state index in [1.54, 1.807) is 13.1 Å². The van der Waals surface area contributed by atoms with E-state index >= 15 is 0 Å². The molecule has 8 nitrogen and oxygen atoms in total. The second-order valence-electron chi connectivity index (χ2n) is 4.86. The largest absolute Gasteiger partial charge is 0.465 e. The van der Waals surface area contributed by atoms with Crippen molar-refractivity contribution in [2.75, 3.05) is 26.4 Å². The van der Waals surface area contributed by atoms with Gasteiger partial charge in [0.2, 0.25) is 0 Å². The molecule has 0 amide bonds. The number of hydrogen-bond acceptors (Lipinski definition) is 7. The van der Waals surface area contributed by atoms with Crippen LogP contribution in [-0.2, 0) is 20.8 Å². The van der Waals surface area contributed by atoms with Crippen molar-refractivity contribution in [3.63, 3.8) is 0 Å². The van der Waals surface area contributed by atoms with Gasteiger partial charge in [-0.2, -0.15) is 0 Å². The molecule has 0 aromatic carbocycles. The lowest BCUT2D eigenvalue weighted by Gasteiger charge is -2.17. The molecule has 2 rings (SSSR count). The van der Waals surface area contributed by atoms with Gasteiger partial charge in [-0.05, 0) is 19.8 Å². The minimum atomic E-state index is -0.665. The minimum Gasteiger partial charge on any atom is -0.465 e. The molecule has 0 spiro atoms. The van der Waals surface area contributed by atoms with E-state index in [1.807, 2.05) is 0 Å². The summed E-state index contributed by atoms with van der Waals surface area (Å²) in [5, 5.41) is 19.9. The van der Waals surface area contributed by atoms with Gasteiger partial charge in [-0.1, -0.05) is 5.21 Å². The molecule has 118 valence electrons. The number of aliphatic hydroxyl groups excluding tert-OH is 1. The third-order valence-electron chi connectivity index (χ3n) is 3.28. The second-order valence-corrected chi connectivity index (χ2v) is 4.86. The molecule has 1 aliphatic heterocycles. The van der Waals surface area contributed by atoms with E-state index in [2.05, 4.69) is 15.6 Å². The molecule has 1 aromatic rings. The molecule has 0 radical (unpaired) electrons. The van der Waals surface area contributed by atoms with Crippen molar-refractivity contribution in [3.8, 4) is 0 Å². The Morgan fingerprint density at radius 1 is 1.71 bits per heavy atom. The van der Waals surface area contributed by atoms with Crippen LogP contribution in [0.4, 0.5) is 0 Å². The Morgan fingerprint density at radius 2 is 2.57 bits per heavy atom. The number of esters is 1. The Balaban J connectivity index is 2.00. The molecule has 2 N–H and O–H groups in total. The van der Waals surface area contributed by atoms with Crippen LogP contribution in [0.1, 0.15) is 31.5 Å². The third-order valence-corrected chi connectivity index (χ3v) is 3.28. The van der Waals surface area contributed by atoms with Gasteiger partial charge in [0.15, 0.2) is 6.04 Å². The molecule has 0 saturated carbocycles. The van der Waals surface area contributed by atoms with Gasteiger partial charge in [-0.25, -0.2) is 9.48 Å². The van der Waals surface area contributed by atoms with Gasteiger partial charge in [0.1, 0.15) is 5.69 Å². The van der Waals surface area contributed by atoms with Gasteiger partial charge in [-0.15, -0.1) is 5.10 Å². The highest BCUT2D eigenvalue weighted by molar-refractivity contribution is 5.76. The first-order chi connectivity index (χ1) is 10.2. The lowest BCUT2D eigenvalue weighted by Crippen LogP contribution is -2.35. The number of carbonyl (C=O) groups excluding carboxylic acids is 1. The van der Waals surface area contributed by atoms with E-state index in [4.69, 9.17) is 14.6 Å². The fraction of sp³-hybridized carbons (Fsp3) is 0.769. The van der Waals surface area contributed by atoms with Crippen LogP contribution in [0.15, 0.2) is 6.20 Å². The number of hydrogen-bond donors (Lipinski definition) is 2. The quantitative estimate of drug-likeness (QED) is 0.632. The van der Waals surface area contributed by atoms with E-state index in [1.165, 1.54) is 4.68 Å². The summed E-state index contributed by atoms with van der Waals surface area (Å²) in [4.78, 5) is 12.1. The SMILES string of the molecule is CCOC(=O)C(NCC1CCCO1)c1cn(CCO)nn1. The van der Waals surface area contributed by atoms with Crippen LogP contribution in [0.5, 0.6) is 0 Å². The van der Waals surface area contributed by atoms with Crippen molar-refractivity contribution < 1.29 is 19.4 Å². The first-order valence-corrected chi connectivity index (χ1v) is 7.27. The zero-order valence-electron chi connectivity index (χ0n) is 12.2. The molecule has 8 heteroatoms. The van der Waals surface area contributed by atoms with E-state index < -0.39 is 6.04 Å². The van der Waals surface area contributed by atoms with Crippen LogP contribution >= 0.6 is 0 Å². The van der Waals surface area contributed by atoms with Crippen LogP contribution in [0, 0.1) is 0 Å². The summed E-state index contributed by atoms with van der Waals surface area (Å²) in [6.45, 7) is 3.71. The van der Waals surface area contributed by atoms with Gasteiger partial charge in [0, 0.05) is 13.2 Å². The normalized spacial score (nSPS) is 19.6. The zero-order valence-corrected chi connectivity index (χ0v) is 12.2. The summed E-state index contributed by atoms with van der Waals surface area (Å²) in [6, 6.07) is -0.665. The Kier molecular flexibility index (Phi) is 6.09. The van der Waals surface area contributed by atoms with Crippen LogP contribution in [0.2, 0.25) is 0 Å². The topological polar surface area (TPSA) is 98.5 Å². The zero-order chi connectivity index (χ0) is 15.1. The summed E-state index contributed by atoms with van der Waals surface area (Å²) < 4.78 is 12.1. The van der Waals surface area contributed by atoms with Crippen molar-refractivity contribution >= 4 is 5.97 Å². The number of nitrogens with one attached hydrogen (secondary N) is 1. The molecule has 1 fully saturated rings. The Morgan fingerprint density at radius 3 is 3.24 bits per heavy atom. The number of aromatic nitrogens is 3. The van der Waals surface area contributed by atoms with Gasteiger partial charge in [0.25, 0.3) is 0 Å². The van der Waals surface area contributed by atoms with E-state index in [0.29, 0.717) is 25.4 Å². The van der Waals surface area contributed by atoms with Crippen LogP contribution < -0.4 is 5.32 Å². The molecule has 2 heterocycles. The van der Waals surface area contributed by atoms with Crippen LogP contribution in [0.25, 0.3) is 0 Å². The molecule has 0 bridgehead atoms. The van der Waals surface area contributed by atoms with Crippen molar-refractivity contribution in [2.45, 2.75) is 38.5 Å². The average Bonchev–Trinajstić information content (AvgIpc) is 3.12. The second kappa shape index (κ2) is 8.06. The fourth-order valence-corrected chi connectivity index (χ4v) is 2.25. The van der Waals surface area contributed by atoms with Gasteiger partial charge < -0.3 is 14.6 Å². The molecule has 2 atom stereocenters. The monoisotopic (exact) mass is 298 g/mol. The van der Waals surface area contributed by atoms with Crippen molar-refractivity contribution in [1.82, 2.24) is 20.3 Å². The lowest BCUT2D eigenvalue weighted by atomic mass is 10.2. The number of ether oxygens (including phenoxy) is 2. The Bertz CT molecular complexity index is 445. The maximum absolute atomic E-state index is 12.1. The molecule has 1 aromatic heterocycles. The summed E-state index contributed by atoms with van der Waals surface area (Å²) in [5.41, 5.74) is 0.486. The molecular formula is C13H22N4O4. The Labute approximate surface area is 123 Å². The standard InChI is InChI=1S/C13H22N4O4/c1-2-20-13(19)12(14-8-10-4-3-7-21-10)11-9-17(5-6-18)16-15-11/h9-10,12,14,18H,2-8H2,1H3. The highest BCUT2D eigenvalue weighted by atomic mass is 16.5. The molecular weight excluding hydrogens is 276 g/mol. The van der Waals surface area contributed by atoms with Crippen molar-refractivity contribution in [3.05, 3.63) is 11.9 Å². The molecule has 2 unspecified atom stereocenters. The first kappa shape index (κ1) is 15.9. The van der Waals surface area contributed by atoms with Crippen LogP contribution in [-0.4, -0.2) is 58.5 Å². The average molecular weight is 298 g/mol. The molecule has 1 aliphatic rings. The Hall–Kier alpha value is -1.51. The van der Waals surface area contributed by atoms with E-state index in [9.17, 15) is 4.79 Å². The van der Waals surface area contributed by atoms with E-state index in [0.717, 1.165) is 19.4 Å². The van der Waals surface area contributed by atoms with Gasteiger partial charge in [0.05, 0.1) is 32.1 Å². The first-order valence-electron chi connectivity index (χ1n) is 7.27. The highest BCUT2D eigenvalue weighted by Crippen LogP contribution is 2.15. The number of nitrogens with zero attached hydrogens (tertiary/aromatic N) is 3. The summed E-state index contributed by atoms with van der Waals surface area (Å²) in [6.07, 6.45) is 3.79. The lowest BCUT2D eigenvalue weighted by molar-refractivity contribution is -0.146. The maximum atomic E-state index is 12.1. The van der Waals surface area contributed by atoms with Gasteiger partial charge >= 0.3 is 5.97 Å². The minimum absolute atomic E-state index is 0.0315. The predicted molar refractivity (Wildman–Crippen MR) is 73.5 cm³/mol. The number of rotatable bonds is 8. The van der Waals surface area contributed by atoms with Crippen molar-refractivity contribution in [1.29, 1.82) is 0 Å². The number of aliphatic hydroxyl groups is 1. The molecule has 0 aliphatic carbocycles. The predicted octanol–water partition coefficient (Wildman–Crippen LogP) is -0.357. The number of carbonyl (C=O) groups is 1. The third kappa shape index (κ3) is 4.48. The highest BCUT2D eigenvalue weighted by Gasteiger charge is 2.26. The van der Waals surface area contributed by atoms with E-state index in [-0.39, 0.29) is 18.7 Å². The fourth-order valence-electron chi connectivity index (χ4n) is 2.25. The molecule has 21 heavy (non-hydrogen) atoms. The summed E-state index contributed by atoms with van der Waals surface area (Å²) >= 11 is 0. The smallest absolute Gasteiger partial charge is 0.329 e. The maximum Gasteiger partial charge on any atom is 0.329 e. The summed E-state index contributed by atoms with van der Waals surface area (Å²) in [5.74, 6) is -0.383. The van der Waals surface area contributed by atoms with Gasteiger partial charge in [-0.3, -0.25) is 5.32 Å². The van der Waals surface area contributed by atoms with Crippen LogP contribution in [0.3, 0.4) is 0 Å².